The predicted molar refractivity (Wildman–Crippen MR) is 74.5 cm³/mol. The lowest BCUT2D eigenvalue weighted by Gasteiger charge is -2.10. The molecule has 0 bridgehead atoms. The van der Waals surface area contributed by atoms with E-state index in [0.29, 0.717) is 11.4 Å². The second-order valence-corrected chi connectivity index (χ2v) is 4.42. The molecule has 6 heteroatoms. The fourth-order valence-electron chi connectivity index (χ4n) is 2.02. The van der Waals surface area contributed by atoms with Crippen LogP contribution in [0.1, 0.15) is 17.5 Å². The number of hydrogen-bond acceptors (Lipinski definition) is 6. The van der Waals surface area contributed by atoms with E-state index < -0.39 is 6.10 Å². The highest BCUT2D eigenvalue weighted by Crippen LogP contribution is 2.26. The Labute approximate surface area is 121 Å². The molecule has 2 heterocycles. The molecule has 0 saturated carbocycles. The number of benzene rings is 1. The highest BCUT2D eigenvalue weighted by Gasteiger charge is 2.20. The first-order chi connectivity index (χ1) is 10.3. The first-order valence-electron chi connectivity index (χ1n) is 6.33. The number of aromatic nitrogens is 3. The number of ether oxygens (including phenoxy) is 1. The van der Waals surface area contributed by atoms with Crippen LogP contribution in [0, 0.1) is 0 Å². The summed E-state index contributed by atoms with van der Waals surface area (Å²) in [4.78, 5) is 8.20. The molecular weight excluding hydrogens is 270 g/mol. The predicted octanol–water partition coefficient (Wildman–Crippen LogP) is 2.57. The van der Waals surface area contributed by atoms with E-state index in [1.54, 1.807) is 13.3 Å². The van der Waals surface area contributed by atoms with Gasteiger partial charge in [0.05, 0.1) is 11.8 Å². The first kappa shape index (κ1) is 13.3. The SMILES string of the molecule is COC(c1ccccc1)c1noc(-c2cncc(O)c2)n1. The van der Waals surface area contributed by atoms with E-state index in [-0.39, 0.29) is 11.6 Å². The van der Waals surface area contributed by atoms with E-state index >= 15 is 0 Å². The molecule has 0 spiro atoms. The number of pyridine rings is 1. The maximum absolute atomic E-state index is 9.44. The van der Waals surface area contributed by atoms with Crippen LogP contribution in [0.2, 0.25) is 0 Å². The molecule has 3 rings (SSSR count). The van der Waals surface area contributed by atoms with Gasteiger partial charge in [-0.25, -0.2) is 0 Å². The van der Waals surface area contributed by atoms with Crippen molar-refractivity contribution in [3.8, 4) is 17.2 Å². The van der Waals surface area contributed by atoms with Crippen LogP contribution in [0.5, 0.6) is 5.75 Å². The molecule has 21 heavy (non-hydrogen) atoms. The lowest BCUT2D eigenvalue weighted by atomic mass is 10.1. The van der Waals surface area contributed by atoms with Gasteiger partial charge in [0.2, 0.25) is 5.82 Å². The summed E-state index contributed by atoms with van der Waals surface area (Å²) in [5.74, 6) is 0.743. The van der Waals surface area contributed by atoms with Gasteiger partial charge in [-0.05, 0) is 11.6 Å². The smallest absolute Gasteiger partial charge is 0.259 e. The molecule has 0 amide bonds. The molecule has 1 unspecified atom stereocenters. The van der Waals surface area contributed by atoms with Crippen molar-refractivity contribution < 1.29 is 14.4 Å². The summed E-state index contributed by atoms with van der Waals surface area (Å²) in [6.07, 6.45) is 2.47. The first-order valence-corrected chi connectivity index (χ1v) is 6.33. The minimum atomic E-state index is -0.408. The fraction of sp³-hybridized carbons (Fsp3) is 0.133. The van der Waals surface area contributed by atoms with Gasteiger partial charge in [-0.2, -0.15) is 4.98 Å². The molecule has 0 fully saturated rings. The number of nitrogens with zero attached hydrogens (tertiary/aromatic N) is 3. The molecule has 1 atom stereocenters. The van der Waals surface area contributed by atoms with Gasteiger partial charge in [-0.3, -0.25) is 4.98 Å². The van der Waals surface area contributed by atoms with Crippen molar-refractivity contribution in [2.45, 2.75) is 6.10 Å². The third-order valence-corrected chi connectivity index (χ3v) is 2.99. The van der Waals surface area contributed by atoms with E-state index in [1.165, 1.54) is 12.3 Å². The minimum Gasteiger partial charge on any atom is -0.506 e. The van der Waals surface area contributed by atoms with Gasteiger partial charge in [-0.1, -0.05) is 35.5 Å². The number of methoxy groups -OCH3 is 1. The Balaban J connectivity index is 1.94. The van der Waals surface area contributed by atoms with Gasteiger partial charge < -0.3 is 14.4 Å². The van der Waals surface area contributed by atoms with Crippen LogP contribution in [0.15, 0.2) is 53.3 Å². The molecule has 1 N–H and O–H groups in total. The van der Waals surface area contributed by atoms with E-state index in [4.69, 9.17) is 9.26 Å². The van der Waals surface area contributed by atoms with Crippen molar-refractivity contribution in [3.05, 3.63) is 60.2 Å². The Kier molecular flexibility index (Phi) is 3.61. The Morgan fingerprint density at radius 2 is 2.00 bits per heavy atom. The third kappa shape index (κ3) is 2.75. The molecule has 0 aliphatic heterocycles. The molecule has 106 valence electrons. The van der Waals surface area contributed by atoms with Crippen LogP contribution in [-0.2, 0) is 4.74 Å². The van der Waals surface area contributed by atoms with Crippen molar-refractivity contribution in [3.63, 3.8) is 0 Å². The van der Waals surface area contributed by atoms with E-state index in [0.717, 1.165) is 5.56 Å². The second-order valence-electron chi connectivity index (χ2n) is 4.42. The Morgan fingerprint density at radius 1 is 1.19 bits per heavy atom. The van der Waals surface area contributed by atoms with Crippen molar-refractivity contribution in [1.82, 2.24) is 15.1 Å². The zero-order valence-corrected chi connectivity index (χ0v) is 11.3. The third-order valence-electron chi connectivity index (χ3n) is 2.99. The maximum atomic E-state index is 9.44. The quantitative estimate of drug-likeness (QED) is 0.792. The Morgan fingerprint density at radius 3 is 2.71 bits per heavy atom. The lowest BCUT2D eigenvalue weighted by molar-refractivity contribution is 0.126. The zero-order chi connectivity index (χ0) is 14.7. The standard InChI is InChI=1S/C15H13N3O3/c1-20-13(10-5-3-2-4-6-10)14-17-15(21-18-14)11-7-12(19)9-16-8-11/h2-9,13,19H,1H3. The Hall–Kier alpha value is -2.73. The summed E-state index contributed by atoms with van der Waals surface area (Å²) < 4.78 is 10.7. The molecule has 0 aliphatic rings. The number of rotatable bonds is 4. The molecule has 0 saturated heterocycles. The molecular formula is C15H13N3O3. The van der Waals surface area contributed by atoms with Crippen LogP contribution in [0.25, 0.3) is 11.5 Å². The topological polar surface area (TPSA) is 81.3 Å². The summed E-state index contributed by atoms with van der Waals surface area (Å²) in [5.41, 5.74) is 1.48. The van der Waals surface area contributed by atoms with Gasteiger partial charge in [0.15, 0.2) is 0 Å². The van der Waals surface area contributed by atoms with Crippen LogP contribution < -0.4 is 0 Å². The van der Waals surface area contributed by atoms with Crippen LogP contribution >= 0.6 is 0 Å². The lowest BCUT2D eigenvalue weighted by Crippen LogP contribution is -2.05. The molecule has 1 aromatic carbocycles. The van der Waals surface area contributed by atoms with Gasteiger partial charge in [-0.15, -0.1) is 0 Å². The van der Waals surface area contributed by atoms with Crippen LogP contribution in [0.3, 0.4) is 0 Å². The average Bonchev–Trinajstić information content (AvgIpc) is 2.99. The fourth-order valence-corrected chi connectivity index (χ4v) is 2.02. The highest BCUT2D eigenvalue weighted by molar-refractivity contribution is 5.53. The molecule has 0 radical (unpaired) electrons. The normalized spacial score (nSPS) is 12.2. The summed E-state index contributed by atoms with van der Waals surface area (Å²) in [6, 6.07) is 11.1. The minimum absolute atomic E-state index is 0.0404. The maximum Gasteiger partial charge on any atom is 0.259 e. The van der Waals surface area contributed by atoms with Crippen LogP contribution in [0.4, 0.5) is 0 Å². The summed E-state index contributed by atoms with van der Waals surface area (Å²) >= 11 is 0. The van der Waals surface area contributed by atoms with Crippen molar-refractivity contribution in [2.24, 2.45) is 0 Å². The van der Waals surface area contributed by atoms with Gasteiger partial charge in [0, 0.05) is 13.3 Å². The zero-order valence-electron chi connectivity index (χ0n) is 11.3. The summed E-state index contributed by atoms with van der Waals surface area (Å²) in [6.45, 7) is 0. The van der Waals surface area contributed by atoms with Crippen LogP contribution in [-0.4, -0.2) is 27.3 Å². The summed E-state index contributed by atoms with van der Waals surface area (Å²) in [7, 11) is 1.59. The summed E-state index contributed by atoms with van der Waals surface area (Å²) in [5, 5.41) is 13.4. The van der Waals surface area contributed by atoms with E-state index in [9.17, 15) is 5.11 Å². The van der Waals surface area contributed by atoms with E-state index in [1.807, 2.05) is 30.3 Å². The van der Waals surface area contributed by atoms with Gasteiger partial charge in [0.25, 0.3) is 5.89 Å². The van der Waals surface area contributed by atoms with Crippen molar-refractivity contribution in [1.29, 1.82) is 0 Å². The number of hydrogen-bond donors (Lipinski definition) is 1. The molecule has 6 nitrogen and oxygen atoms in total. The molecule has 2 aromatic heterocycles. The number of aromatic hydroxyl groups is 1. The molecule has 0 aliphatic carbocycles. The largest absolute Gasteiger partial charge is 0.506 e. The monoisotopic (exact) mass is 283 g/mol. The van der Waals surface area contributed by atoms with Crippen molar-refractivity contribution >= 4 is 0 Å². The van der Waals surface area contributed by atoms with Gasteiger partial charge in [0.1, 0.15) is 11.9 Å². The van der Waals surface area contributed by atoms with Gasteiger partial charge >= 0.3 is 0 Å². The average molecular weight is 283 g/mol. The second kappa shape index (κ2) is 5.72. The van der Waals surface area contributed by atoms with E-state index in [2.05, 4.69) is 15.1 Å². The molecule has 3 aromatic rings. The van der Waals surface area contributed by atoms with Crippen molar-refractivity contribution in [2.75, 3.05) is 7.11 Å². The highest BCUT2D eigenvalue weighted by atomic mass is 16.5. The Bertz CT molecular complexity index is 728.